The summed E-state index contributed by atoms with van der Waals surface area (Å²) < 4.78 is 35.1. The normalized spacial score (nSPS) is 13.2. The zero-order valence-electron chi connectivity index (χ0n) is 14.3. The van der Waals surface area contributed by atoms with Crippen LogP contribution in [0.5, 0.6) is 5.75 Å². The Balaban J connectivity index is 1.94. The molecule has 0 N–H and O–H groups in total. The van der Waals surface area contributed by atoms with Crippen molar-refractivity contribution in [3.05, 3.63) is 53.6 Å². The summed E-state index contributed by atoms with van der Waals surface area (Å²) in [4.78, 5) is 24.9. The Morgan fingerprint density at radius 3 is 2.54 bits per heavy atom. The molecule has 3 rings (SSSR count). The van der Waals surface area contributed by atoms with Gasteiger partial charge in [-0.25, -0.2) is 4.79 Å². The lowest BCUT2D eigenvalue weighted by Gasteiger charge is -2.15. The van der Waals surface area contributed by atoms with E-state index >= 15 is 0 Å². The summed E-state index contributed by atoms with van der Waals surface area (Å²) in [6.45, 7) is 1.98. The molecule has 8 heteroatoms. The Bertz CT molecular complexity index is 983. The molecule has 0 radical (unpaired) electrons. The second-order valence-electron chi connectivity index (χ2n) is 5.74. The molecule has 1 amide bonds. The van der Waals surface area contributed by atoms with Crippen LogP contribution < -0.4 is 9.08 Å². The molecular formula is C18H17NO6S. The van der Waals surface area contributed by atoms with Gasteiger partial charge in [-0.05, 0) is 42.3 Å². The van der Waals surface area contributed by atoms with E-state index in [-0.39, 0.29) is 22.1 Å². The molecule has 0 atom stereocenters. The molecular weight excluding hydrogens is 358 g/mol. The molecule has 136 valence electrons. The highest BCUT2D eigenvalue weighted by Gasteiger charge is 2.26. The quantitative estimate of drug-likeness (QED) is 0.601. The second kappa shape index (κ2) is 6.80. The zero-order chi connectivity index (χ0) is 18.9. The topological polar surface area (TPSA) is 90.0 Å². The van der Waals surface area contributed by atoms with Crippen LogP contribution in [-0.2, 0) is 26.1 Å². The summed E-state index contributed by atoms with van der Waals surface area (Å²) in [6, 6.07) is 10.4. The van der Waals surface area contributed by atoms with Crippen molar-refractivity contribution in [2.75, 3.05) is 18.6 Å². The molecule has 7 nitrogen and oxygen atoms in total. The molecule has 0 saturated heterocycles. The summed E-state index contributed by atoms with van der Waals surface area (Å²) in [7, 11) is -2.94. The maximum Gasteiger partial charge on any atom is 0.341 e. The summed E-state index contributed by atoms with van der Waals surface area (Å²) in [5, 5.41) is 0. The van der Waals surface area contributed by atoms with Gasteiger partial charge in [0.2, 0.25) is 5.91 Å². The van der Waals surface area contributed by atoms with Crippen molar-refractivity contribution in [2.24, 2.45) is 0 Å². The lowest BCUT2D eigenvalue weighted by Crippen LogP contribution is -2.25. The van der Waals surface area contributed by atoms with Gasteiger partial charge in [0, 0.05) is 19.2 Å². The van der Waals surface area contributed by atoms with Crippen molar-refractivity contribution in [1.29, 1.82) is 0 Å². The minimum absolute atomic E-state index is 0.0162. The van der Waals surface area contributed by atoms with Gasteiger partial charge >= 0.3 is 16.1 Å². The molecule has 2 aromatic carbocycles. The number of carbonyl (C=O) groups excluding carboxylic acids is 2. The number of anilines is 1. The van der Waals surface area contributed by atoms with Gasteiger partial charge in [-0.15, -0.1) is 0 Å². The number of benzene rings is 2. The fourth-order valence-electron chi connectivity index (χ4n) is 2.84. The molecule has 0 aliphatic carbocycles. The van der Waals surface area contributed by atoms with Gasteiger partial charge in [0.05, 0.1) is 7.11 Å². The van der Waals surface area contributed by atoms with Gasteiger partial charge in [-0.2, -0.15) is 8.42 Å². The Morgan fingerprint density at radius 2 is 1.85 bits per heavy atom. The summed E-state index contributed by atoms with van der Waals surface area (Å²) >= 11 is 0. The fraction of sp³-hybridized carbons (Fsp3) is 0.222. The van der Waals surface area contributed by atoms with Crippen molar-refractivity contribution >= 4 is 27.7 Å². The summed E-state index contributed by atoms with van der Waals surface area (Å²) in [5.41, 5.74) is 1.47. The van der Waals surface area contributed by atoms with Gasteiger partial charge in [-0.3, -0.25) is 4.79 Å². The number of hydrogen-bond donors (Lipinski definition) is 0. The molecule has 0 spiro atoms. The Labute approximate surface area is 151 Å². The number of methoxy groups -OCH3 is 1. The molecule has 1 aliphatic heterocycles. The Kier molecular flexibility index (Phi) is 4.69. The van der Waals surface area contributed by atoms with Gasteiger partial charge in [0.25, 0.3) is 0 Å². The van der Waals surface area contributed by atoms with E-state index < -0.39 is 16.1 Å². The van der Waals surface area contributed by atoms with Crippen molar-refractivity contribution in [3.63, 3.8) is 0 Å². The third kappa shape index (κ3) is 3.28. The summed E-state index contributed by atoms with van der Waals surface area (Å²) in [6.07, 6.45) is 0.566. The number of esters is 1. The lowest BCUT2D eigenvalue weighted by molar-refractivity contribution is -0.116. The van der Waals surface area contributed by atoms with Crippen molar-refractivity contribution < 1.29 is 26.9 Å². The first-order valence-corrected chi connectivity index (χ1v) is 9.27. The minimum atomic E-state index is -4.15. The van der Waals surface area contributed by atoms with Crippen molar-refractivity contribution in [3.8, 4) is 5.75 Å². The first-order valence-electron chi connectivity index (χ1n) is 7.86. The average Bonchev–Trinajstić information content (AvgIpc) is 3.04. The van der Waals surface area contributed by atoms with Crippen molar-refractivity contribution in [2.45, 2.75) is 18.2 Å². The number of ether oxygens (including phenoxy) is 1. The molecule has 0 fully saturated rings. The molecule has 0 saturated carbocycles. The van der Waals surface area contributed by atoms with E-state index in [4.69, 9.17) is 4.18 Å². The monoisotopic (exact) mass is 375 g/mol. The maximum absolute atomic E-state index is 12.6. The van der Waals surface area contributed by atoms with Gasteiger partial charge in [0.15, 0.2) is 5.75 Å². The number of rotatable bonds is 4. The first-order chi connectivity index (χ1) is 12.3. The number of fused-ring (bicyclic) bond motifs is 1. The largest absolute Gasteiger partial charge is 0.465 e. The highest BCUT2D eigenvalue weighted by molar-refractivity contribution is 7.87. The van der Waals surface area contributed by atoms with Crippen LogP contribution in [0, 0.1) is 0 Å². The van der Waals surface area contributed by atoms with E-state index in [1.807, 2.05) is 0 Å². The van der Waals surface area contributed by atoms with E-state index in [0.717, 1.165) is 5.56 Å². The fourth-order valence-corrected chi connectivity index (χ4v) is 3.84. The third-order valence-corrected chi connectivity index (χ3v) is 5.34. The second-order valence-corrected chi connectivity index (χ2v) is 7.28. The number of carbonyl (C=O) groups is 2. The molecule has 1 aliphatic rings. The smallest absolute Gasteiger partial charge is 0.341 e. The van der Waals surface area contributed by atoms with Crippen LogP contribution in [0.4, 0.5) is 5.69 Å². The van der Waals surface area contributed by atoms with Crippen LogP contribution in [0.1, 0.15) is 22.8 Å². The van der Waals surface area contributed by atoms with Crippen LogP contribution in [0.3, 0.4) is 0 Å². The Hall–Kier alpha value is -2.87. The predicted molar refractivity (Wildman–Crippen MR) is 93.8 cm³/mol. The first kappa shape index (κ1) is 17.9. The van der Waals surface area contributed by atoms with Crippen molar-refractivity contribution in [1.82, 2.24) is 0 Å². The highest BCUT2D eigenvalue weighted by Crippen LogP contribution is 2.31. The molecule has 0 aromatic heterocycles. The molecule has 0 bridgehead atoms. The van der Waals surface area contributed by atoms with Crippen LogP contribution in [0.2, 0.25) is 0 Å². The van der Waals surface area contributed by atoms with Gasteiger partial charge in [0.1, 0.15) is 10.5 Å². The molecule has 1 heterocycles. The third-order valence-electron chi connectivity index (χ3n) is 4.11. The number of hydrogen-bond acceptors (Lipinski definition) is 6. The number of amides is 1. The van der Waals surface area contributed by atoms with E-state index in [2.05, 4.69) is 4.74 Å². The summed E-state index contributed by atoms with van der Waals surface area (Å²) in [5.74, 6) is -0.894. The van der Waals surface area contributed by atoms with E-state index in [0.29, 0.717) is 18.7 Å². The maximum atomic E-state index is 12.6. The lowest BCUT2D eigenvalue weighted by atomic mass is 10.2. The molecule has 2 aromatic rings. The van der Waals surface area contributed by atoms with Gasteiger partial charge in [-0.1, -0.05) is 12.1 Å². The van der Waals surface area contributed by atoms with Crippen LogP contribution in [-0.4, -0.2) is 33.9 Å². The van der Waals surface area contributed by atoms with Gasteiger partial charge < -0.3 is 13.8 Å². The minimum Gasteiger partial charge on any atom is -0.465 e. The standard InChI is InChI=1S/C18H17NO6S/c1-12(20)19-10-9-13-11-14(7-8-16(13)19)26(22,23)25-17-6-4-3-5-15(17)18(21)24-2/h3-8,11H,9-10H2,1-2H3. The van der Waals surface area contributed by atoms with Crippen LogP contribution in [0.15, 0.2) is 47.4 Å². The average molecular weight is 375 g/mol. The molecule has 0 unspecified atom stereocenters. The SMILES string of the molecule is COC(=O)c1ccccc1OS(=O)(=O)c1ccc2c(c1)CCN2C(C)=O. The highest BCUT2D eigenvalue weighted by atomic mass is 32.2. The number of para-hydroxylation sites is 1. The zero-order valence-corrected chi connectivity index (χ0v) is 15.1. The van der Waals surface area contributed by atoms with Crippen LogP contribution in [0.25, 0.3) is 0 Å². The van der Waals surface area contributed by atoms with Crippen LogP contribution >= 0.6 is 0 Å². The predicted octanol–water partition coefficient (Wildman–Crippen LogP) is 2.15. The van der Waals surface area contributed by atoms with E-state index in [9.17, 15) is 18.0 Å². The Morgan fingerprint density at radius 1 is 1.12 bits per heavy atom. The van der Waals surface area contributed by atoms with E-state index in [1.54, 1.807) is 23.1 Å². The number of nitrogens with zero attached hydrogens (tertiary/aromatic N) is 1. The van der Waals surface area contributed by atoms with E-state index in [1.165, 1.54) is 38.3 Å². The molecule has 26 heavy (non-hydrogen) atoms.